The molecule has 0 saturated heterocycles. The van der Waals surface area contributed by atoms with E-state index in [0.717, 1.165) is 53.7 Å². The maximum Gasteiger partial charge on any atom is 0.338 e. The van der Waals surface area contributed by atoms with Crippen LogP contribution >= 0.6 is 0 Å². The summed E-state index contributed by atoms with van der Waals surface area (Å²) in [5, 5.41) is 0. The molecule has 2 aromatic carbocycles. The highest BCUT2D eigenvalue weighted by Gasteiger charge is 2.18. The molecule has 0 aliphatic heterocycles. The predicted octanol–water partition coefficient (Wildman–Crippen LogP) is 17.9. The number of unbranched alkanes of at least 4 members (excludes halogenated alkanes) is 30. The van der Waals surface area contributed by atoms with E-state index in [1.165, 1.54) is 193 Å². The van der Waals surface area contributed by atoms with Crippen LogP contribution in [0.4, 0.5) is 0 Å². The third-order valence-electron chi connectivity index (χ3n) is 12.1. The molecule has 0 aliphatic carbocycles. The average molecular weight is 827 g/mol. The molecule has 0 aliphatic rings. The van der Waals surface area contributed by atoms with Crippen molar-refractivity contribution in [3.05, 3.63) is 71.8 Å². The monoisotopic (exact) mass is 827 g/mol. The van der Waals surface area contributed by atoms with Gasteiger partial charge in [0.2, 0.25) is 0 Å². The van der Waals surface area contributed by atoms with Gasteiger partial charge in [-0.1, -0.05) is 232 Å². The van der Waals surface area contributed by atoms with Crippen molar-refractivity contribution in [2.75, 3.05) is 0 Å². The lowest BCUT2D eigenvalue weighted by Gasteiger charge is -2.18. The molecule has 0 radical (unpaired) electrons. The van der Waals surface area contributed by atoms with Crippen LogP contribution in [0.15, 0.2) is 60.7 Å². The van der Waals surface area contributed by atoms with Crippen molar-refractivity contribution < 1.29 is 19.1 Å². The molecule has 0 amide bonds. The van der Waals surface area contributed by atoms with Crippen molar-refractivity contribution in [1.29, 1.82) is 0 Å². The van der Waals surface area contributed by atoms with Gasteiger partial charge in [-0.3, -0.25) is 0 Å². The molecular formula is C56H90O4. The van der Waals surface area contributed by atoms with E-state index in [1.54, 1.807) is 13.8 Å². The Morgan fingerprint density at radius 3 is 0.983 bits per heavy atom. The van der Waals surface area contributed by atoms with E-state index in [4.69, 9.17) is 9.47 Å². The van der Waals surface area contributed by atoms with E-state index in [0.29, 0.717) is 16.9 Å². The summed E-state index contributed by atoms with van der Waals surface area (Å²) in [4.78, 5) is 25.2. The molecule has 2 aromatic rings. The Balaban J connectivity index is 1.95. The normalized spacial score (nSPS) is 11.2. The number of carbonyl (C=O) groups excluding carboxylic acids is 2. The summed E-state index contributed by atoms with van der Waals surface area (Å²) in [6.07, 6.45) is 44.6. The summed E-state index contributed by atoms with van der Waals surface area (Å²) in [5.41, 5.74) is 5.12. The van der Waals surface area contributed by atoms with Crippen molar-refractivity contribution in [2.45, 2.75) is 246 Å². The van der Waals surface area contributed by atoms with Crippen LogP contribution in [0.5, 0.6) is 11.5 Å². The Kier molecular flexibility index (Phi) is 31.3. The summed E-state index contributed by atoms with van der Waals surface area (Å²) in [6, 6.07) is 12.1. The minimum atomic E-state index is -0.423. The maximum absolute atomic E-state index is 13.0. The van der Waals surface area contributed by atoms with Crippen molar-refractivity contribution in [1.82, 2.24) is 0 Å². The van der Waals surface area contributed by atoms with Crippen LogP contribution in [-0.2, 0) is 22.4 Å². The molecule has 0 atom stereocenters. The first-order chi connectivity index (χ1) is 29.3. The number of ether oxygens (including phenoxy) is 2. The molecule has 4 nitrogen and oxygen atoms in total. The minimum Gasteiger partial charge on any atom is -0.423 e. The first-order valence-corrected chi connectivity index (χ1v) is 25.3. The molecule has 0 saturated carbocycles. The second-order valence-corrected chi connectivity index (χ2v) is 18.1. The van der Waals surface area contributed by atoms with Crippen molar-refractivity contribution in [3.63, 3.8) is 0 Å². The third-order valence-corrected chi connectivity index (χ3v) is 12.1. The molecule has 0 heterocycles. The molecule has 2 rings (SSSR count). The zero-order valence-corrected chi connectivity index (χ0v) is 39.6. The van der Waals surface area contributed by atoms with Crippen LogP contribution < -0.4 is 9.47 Å². The topological polar surface area (TPSA) is 52.6 Å². The zero-order chi connectivity index (χ0) is 43.5. The van der Waals surface area contributed by atoms with Gasteiger partial charge >= 0.3 is 11.9 Å². The van der Waals surface area contributed by atoms with Gasteiger partial charge in [0.25, 0.3) is 0 Å². The van der Waals surface area contributed by atoms with Gasteiger partial charge in [0, 0.05) is 11.1 Å². The molecule has 0 fully saturated rings. The Bertz CT molecular complexity index is 1380. The van der Waals surface area contributed by atoms with Crippen molar-refractivity contribution in [2.24, 2.45) is 0 Å². The second kappa shape index (κ2) is 35.5. The Labute approximate surface area is 370 Å². The minimum absolute atomic E-state index is 0.354. The molecule has 0 N–H and O–H groups in total. The highest BCUT2D eigenvalue weighted by Crippen LogP contribution is 2.35. The van der Waals surface area contributed by atoms with Gasteiger partial charge in [0.15, 0.2) is 0 Å². The van der Waals surface area contributed by atoms with E-state index in [-0.39, 0.29) is 5.97 Å². The largest absolute Gasteiger partial charge is 0.423 e. The molecule has 60 heavy (non-hydrogen) atoms. The van der Waals surface area contributed by atoms with Crippen LogP contribution in [0.25, 0.3) is 11.1 Å². The highest BCUT2D eigenvalue weighted by atomic mass is 16.5. The Morgan fingerprint density at radius 1 is 0.400 bits per heavy atom. The predicted molar refractivity (Wildman–Crippen MR) is 259 cm³/mol. The fraction of sp³-hybridized carbons (Fsp3) is 0.679. The standard InChI is InChI=1S/C56H90O4/c1-7-9-11-13-15-17-19-21-23-25-27-29-31-33-35-37-39-50-45-52(49-41-43-53(44-42-49)59-55(57)47(3)4)46-51(54(50)60-56(58)48(5)6)40-38-36-34-32-30-28-26-24-22-20-18-16-14-12-10-8-2/h41-46H,3,5,7-40H2,1-2,4,6H3. The van der Waals surface area contributed by atoms with Gasteiger partial charge in [0.05, 0.1) is 0 Å². The summed E-state index contributed by atoms with van der Waals surface area (Å²) < 4.78 is 11.6. The average Bonchev–Trinajstić information content (AvgIpc) is 3.24. The summed E-state index contributed by atoms with van der Waals surface area (Å²) in [6.45, 7) is 15.6. The van der Waals surface area contributed by atoms with Crippen LogP contribution in [0, 0.1) is 0 Å². The van der Waals surface area contributed by atoms with Crippen molar-refractivity contribution in [3.8, 4) is 22.6 Å². The molecule has 0 spiro atoms. The summed E-state index contributed by atoms with van der Waals surface area (Å²) in [5.74, 6) is 0.461. The molecule has 0 aromatic heterocycles. The van der Waals surface area contributed by atoms with E-state index >= 15 is 0 Å². The summed E-state index contributed by atoms with van der Waals surface area (Å²) in [7, 11) is 0. The van der Waals surface area contributed by atoms with E-state index in [2.05, 4.69) is 39.1 Å². The van der Waals surface area contributed by atoms with Crippen LogP contribution in [0.2, 0.25) is 0 Å². The van der Waals surface area contributed by atoms with E-state index < -0.39 is 5.97 Å². The van der Waals surface area contributed by atoms with Gasteiger partial charge in [-0.2, -0.15) is 0 Å². The number of esters is 2. The Morgan fingerprint density at radius 2 is 0.683 bits per heavy atom. The molecular weight excluding hydrogens is 737 g/mol. The Hall–Kier alpha value is -3.14. The van der Waals surface area contributed by atoms with Gasteiger partial charge in [-0.05, 0) is 86.1 Å². The number of benzene rings is 2. The van der Waals surface area contributed by atoms with Gasteiger partial charge < -0.3 is 9.47 Å². The lowest BCUT2D eigenvalue weighted by molar-refractivity contribution is -0.131. The molecule has 4 heteroatoms. The van der Waals surface area contributed by atoms with Gasteiger partial charge in [0.1, 0.15) is 11.5 Å². The molecule has 0 bridgehead atoms. The van der Waals surface area contributed by atoms with Gasteiger partial charge in [-0.15, -0.1) is 0 Å². The smallest absolute Gasteiger partial charge is 0.338 e. The lowest BCUT2D eigenvalue weighted by Crippen LogP contribution is -2.12. The van der Waals surface area contributed by atoms with Crippen LogP contribution in [-0.4, -0.2) is 11.9 Å². The lowest BCUT2D eigenvalue weighted by atomic mass is 9.93. The molecule has 0 unspecified atom stereocenters. The SMILES string of the molecule is C=C(C)C(=O)Oc1ccc(-c2cc(CCCCCCCCCCCCCCCCCC)c(OC(=O)C(=C)C)c(CCCCCCCCCCCCCCCCCC)c2)cc1. The van der Waals surface area contributed by atoms with Crippen LogP contribution in [0.3, 0.4) is 0 Å². The fourth-order valence-corrected chi connectivity index (χ4v) is 8.24. The van der Waals surface area contributed by atoms with Crippen LogP contribution in [0.1, 0.15) is 244 Å². The number of aryl methyl sites for hydroxylation is 2. The fourth-order valence-electron chi connectivity index (χ4n) is 8.24. The third kappa shape index (κ3) is 25.6. The number of rotatable bonds is 39. The number of carbonyl (C=O) groups is 2. The highest BCUT2D eigenvalue weighted by molar-refractivity contribution is 5.90. The number of hydrogen-bond donors (Lipinski definition) is 0. The second-order valence-electron chi connectivity index (χ2n) is 18.1. The quantitative estimate of drug-likeness (QED) is 0.0292. The number of hydrogen-bond acceptors (Lipinski definition) is 4. The van der Waals surface area contributed by atoms with E-state index in [9.17, 15) is 9.59 Å². The molecule has 338 valence electrons. The van der Waals surface area contributed by atoms with Crippen molar-refractivity contribution >= 4 is 11.9 Å². The summed E-state index contributed by atoms with van der Waals surface area (Å²) >= 11 is 0. The zero-order valence-electron chi connectivity index (χ0n) is 39.6. The first-order valence-electron chi connectivity index (χ1n) is 25.3. The van der Waals surface area contributed by atoms with E-state index in [1.807, 2.05) is 24.3 Å². The maximum atomic E-state index is 13.0. The van der Waals surface area contributed by atoms with Gasteiger partial charge in [-0.25, -0.2) is 9.59 Å². The first kappa shape index (κ1) is 53.0.